The van der Waals surface area contributed by atoms with Crippen LogP contribution in [0, 0.1) is 6.92 Å². The van der Waals surface area contributed by atoms with Crippen LogP contribution in [0.5, 0.6) is 0 Å². The lowest BCUT2D eigenvalue weighted by Gasteiger charge is -2.20. The number of carbonyl (C=O) groups is 2. The quantitative estimate of drug-likeness (QED) is 0.284. The molecule has 3 rings (SSSR count). The molecule has 0 saturated heterocycles. The van der Waals surface area contributed by atoms with Gasteiger partial charge in [0.05, 0.1) is 16.7 Å². The number of carbonyl (C=O) groups excluding carboxylic acids is 2. The molecule has 0 saturated carbocycles. The van der Waals surface area contributed by atoms with Crippen molar-refractivity contribution < 1.29 is 35.9 Å². The lowest BCUT2D eigenvalue weighted by molar-refractivity contribution is -0.143. The maximum atomic E-state index is 13.5. The fourth-order valence-corrected chi connectivity index (χ4v) is 3.82. The summed E-state index contributed by atoms with van der Waals surface area (Å²) in [5, 5.41) is 2.68. The second-order valence-corrected chi connectivity index (χ2v) is 8.79. The summed E-state index contributed by atoms with van der Waals surface area (Å²) >= 11 is 0. The number of Topliss-reactive ketones (excluding diaryl/α,β-unsaturated/α-hetero) is 1. The molecule has 3 aromatic carbocycles. The Kier molecular flexibility index (Phi) is 7.34. The van der Waals surface area contributed by atoms with E-state index in [9.17, 15) is 35.9 Å². The van der Waals surface area contributed by atoms with Crippen molar-refractivity contribution in [2.45, 2.75) is 46.1 Å². The molecule has 0 spiro atoms. The van der Waals surface area contributed by atoms with Crippen molar-refractivity contribution in [2.75, 3.05) is 0 Å². The van der Waals surface area contributed by atoms with Crippen LogP contribution in [-0.4, -0.2) is 17.7 Å². The molecule has 0 aromatic heterocycles. The Morgan fingerprint density at radius 2 is 1.22 bits per heavy atom. The molecule has 0 unspecified atom stereocenters. The predicted molar refractivity (Wildman–Crippen MR) is 125 cm³/mol. The largest absolute Gasteiger partial charge is 0.416 e. The van der Waals surface area contributed by atoms with Crippen molar-refractivity contribution in [1.82, 2.24) is 5.32 Å². The van der Waals surface area contributed by atoms with Gasteiger partial charge in [0.15, 0.2) is 5.78 Å². The van der Waals surface area contributed by atoms with E-state index in [-0.39, 0.29) is 29.0 Å². The molecule has 0 heterocycles. The monoisotopic (exact) mass is 507 g/mol. The number of aryl methyl sites for hydroxylation is 1. The average Bonchev–Trinajstić information content (AvgIpc) is 2.76. The van der Waals surface area contributed by atoms with E-state index in [1.807, 2.05) is 0 Å². The van der Waals surface area contributed by atoms with E-state index < -0.39 is 35.0 Å². The summed E-state index contributed by atoms with van der Waals surface area (Å²) in [6.07, 6.45) is -10.1. The van der Waals surface area contributed by atoms with E-state index in [1.54, 1.807) is 39.0 Å². The number of benzene rings is 3. The molecule has 1 amide bonds. The fourth-order valence-electron chi connectivity index (χ4n) is 3.82. The highest BCUT2D eigenvalue weighted by molar-refractivity contribution is 6.07. The summed E-state index contributed by atoms with van der Waals surface area (Å²) in [6.45, 7) is 6.37. The van der Waals surface area contributed by atoms with Crippen molar-refractivity contribution in [3.05, 3.63) is 82.4 Å². The maximum absolute atomic E-state index is 13.5. The first-order chi connectivity index (χ1) is 16.6. The van der Waals surface area contributed by atoms with Gasteiger partial charge in [-0.2, -0.15) is 26.3 Å². The highest BCUT2D eigenvalue weighted by Gasteiger charge is 2.37. The summed E-state index contributed by atoms with van der Waals surface area (Å²) in [6, 6.07) is 10.2. The minimum atomic E-state index is -5.04. The van der Waals surface area contributed by atoms with Gasteiger partial charge in [0.2, 0.25) is 0 Å². The summed E-state index contributed by atoms with van der Waals surface area (Å²) < 4.78 is 81.2. The third-order valence-electron chi connectivity index (χ3n) is 5.43. The lowest BCUT2D eigenvalue weighted by Crippen LogP contribution is -2.31. The first kappa shape index (κ1) is 27.0. The van der Waals surface area contributed by atoms with Crippen LogP contribution < -0.4 is 5.32 Å². The van der Waals surface area contributed by atoms with Gasteiger partial charge < -0.3 is 5.32 Å². The molecule has 0 aliphatic heterocycles. The molecule has 0 atom stereocenters. The molecule has 9 heteroatoms. The minimum Gasteiger partial charge on any atom is -0.350 e. The molecular weight excluding hydrogens is 484 g/mol. The van der Waals surface area contributed by atoms with E-state index in [0.717, 1.165) is 0 Å². The van der Waals surface area contributed by atoms with Crippen molar-refractivity contribution in [2.24, 2.45) is 0 Å². The molecular formula is C27H23F6NO2. The number of halogens is 6. The SMILES string of the molecule is CC(=O)c1ccc(-c2cc(C)cc(-c3cc(C(F)(F)F)cc(C(F)(F)F)c3)c2C(=O)NC(C)C)cc1. The van der Waals surface area contributed by atoms with Gasteiger partial charge in [0, 0.05) is 11.6 Å². The molecule has 0 aliphatic rings. The summed E-state index contributed by atoms with van der Waals surface area (Å²) in [7, 11) is 0. The molecule has 36 heavy (non-hydrogen) atoms. The van der Waals surface area contributed by atoms with Gasteiger partial charge in [-0.15, -0.1) is 0 Å². The van der Waals surface area contributed by atoms with Crippen LogP contribution in [0.2, 0.25) is 0 Å². The number of nitrogens with one attached hydrogen (secondary N) is 1. The Balaban J connectivity index is 2.39. The van der Waals surface area contributed by atoms with Gasteiger partial charge in [0.1, 0.15) is 0 Å². The van der Waals surface area contributed by atoms with Gasteiger partial charge >= 0.3 is 12.4 Å². The Morgan fingerprint density at radius 3 is 1.64 bits per heavy atom. The third kappa shape index (κ3) is 5.95. The fraction of sp³-hybridized carbons (Fsp3) is 0.259. The van der Waals surface area contributed by atoms with Gasteiger partial charge in [0.25, 0.3) is 5.91 Å². The summed E-state index contributed by atoms with van der Waals surface area (Å²) in [5.74, 6) is -0.843. The molecule has 0 aliphatic carbocycles. The van der Waals surface area contributed by atoms with Crippen LogP contribution in [0.4, 0.5) is 26.3 Å². The van der Waals surface area contributed by atoms with Crippen molar-refractivity contribution in [3.8, 4) is 22.3 Å². The number of hydrogen-bond donors (Lipinski definition) is 1. The highest BCUT2D eigenvalue weighted by Crippen LogP contribution is 2.41. The Hall–Kier alpha value is -3.62. The molecule has 0 bridgehead atoms. The van der Waals surface area contributed by atoms with Gasteiger partial charge in [-0.1, -0.05) is 36.4 Å². The van der Waals surface area contributed by atoms with Crippen LogP contribution >= 0.6 is 0 Å². The second kappa shape index (κ2) is 9.79. The summed E-state index contributed by atoms with van der Waals surface area (Å²) in [4.78, 5) is 24.9. The van der Waals surface area contributed by atoms with E-state index in [4.69, 9.17) is 0 Å². The smallest absolute Gasteiger partial charge is 0.350 e. The second-order valence-electron chi connectivity index (χ2n) is 8.79. The number of alkyl halides is 6. The Labute approximate surface area is 204 Å². The normalized spacial score (nSPS) is 12.1. The van der Waals surface area contributed by atoms with E-state index in [1.165, 1.54) is 25.1 Å². The van der Waals surface area contributed by atoms with Crippen LogP contribution in [0.25, 0.3) is 22.3 Å². The first-order valence-corrected chi connectivity index (χ1v) is 10.9. The topological polar surface area (TPSA) is 46.2 Å². The summed E-state index contributed by atoms with van der Waals surface area (Å²) in [5.41, 5.74) is -1.78. The predicted octanol–water partition coefficient (Wildman–Crippen LogP) is 7.71. The third-order valence-corrected chi connectivity index (χ3v) is 5.43. The van der Waals surface area contributed by atoms with Crippen LogP contribution in [0.15, 0.2) is 54.6 Å². The number of hydrogen-bond acceptors (Lipinski definition) is 2. The number of rotatable bonds is 5. The first-order valence-electron chi connectivity index (χ1n) is 10.9. The van der Waals surface area contributed by atoms with Gasteiger partial charge in [-0.3, -0.25) is 9.59 Å². The number of amides is 1. The van der Waals surface area contributed by atoms with Crippen molar-refractivity contribution in [3.63, 3.8) is 0 Å². The standard InChI is InChI=1S/C27H23F6NO2/c1-14(2)34-25(36)24-22(18-7-5-17(6-8-18)16(4)35)9-15(3)10-23(24)19-11-20(26(28,29)30)13-21(12-19)27(31,32)33/h5-14H,1-4H3,(H,34,36). The Bertz CT molecular complexity index is 1270. The molecule has 190 valence electrons. The molecule has 3 aromatic rings. The Morgan fingerprint density at radius 1 is 0.750 bits per heavy atom. The van der Waals surface area contributed by atoms with Crippen LogP contribution in [0.3, 0.4) is 0 Å². The van der Waals surface area contributed by atoms with E-state index >= 15 is 0 Å². The van der Waals surface area contributed by atoms with E-state index in [0.29, 0.717) is 34.4 Å². The molecule has 0 fully saturated rings. The van der Waals surface area contributed by atoms with Gasteiger partial charge in [-0.05, 0) is 73.7 Å². The number of ketones is 1. The van der Waals surface area contributed by atoms with Gasteiger partial charge in [-0.25, -0.2) is 0 Å². The van der Waals surface area contributed by atoms with Crippen LogP contribution in [0.1, 0.15) is 58.2 Å². The zero-order valence-electron chi connectivity index (χ0n) is 19.9. The maximum Gasteiger partial charge on any atom is 0.416 e. The molecule has 3 nitrogen and oxygen atoms in total. The minimum absolute atomic E-state index is 0.0502. The zero-order valence-corrected chi connectivity index (χ0v) is 19.9. The zero-order chi connectivity index (χ0) is 27.0. The van der Waals surface area contributed by atoms with E-state index in [2.05, 4.69) is 5.32 Å². The lowest BCUT2D eigenvalue weighted by atomic mass is 9.87. The van der Waals surface area contributed by atoms with Crippen LogP contribution in [-0.2, 0) is 12.4 Å². The molecule has 1 N–H and O–H groups in total. The average molecular weight is 507 g/mol. The van der Waals surface area contributed by atoms with Crippen molar-refractivity contribution >= 4 is 11.7 Å². The molecule has 0 radical (unpaired) electrons. The van der Waals surface area contributed by atoms with Crippen molar-refractivity contribution in [1.29, 1.82) is 0 Å². The highest BCUT2D eigenvalue weighted by atomic mass is 19.4.